The standard InChI is InChI=1S/C9H16O2/c1-8(10)4-5-9-3-2-6-11-7-9/h9H,2-7H2,1H3. The van der Waals surface area contributed by atoms with Crippen LogP contribution in [0.25, 0.3) is 0 Å². The number of ketones is 1. The van der Waals surface area contributed by atoms with Crippen molar-refractivity contribution in [2.75, 3.05) is 13.2 Å². The highest BCUT2D eigenvalue weighted by Gasteiger charge is 2.13. The van der Waals surface area contributed by atoms with E-state index in [9.17, 15) is 4.79 Å². The van der Waals surface area contributed by atoms with Crippen LogP contribution in [0.1, 0.15) is 32.6 Å². The van der Waals surface area contributed by atoms with Gasteiger partial charge in [0.1, 0.15) is 5.78 Å². The second-order valence-corrected chi connectivity index (χ2v) is 3.32. The maximum atomic E-state index is 10.6. The molecule has 0 aromatic rings. The van der Waals surface area contributed by atoms with Crippen LogP contribution in [0.3, 0.4) is 0 Å². The first kappa shape index (κ1) is 8.72. The molecule has 0 bridgehead atoms. The molecule has 0 aromatic heterocycles. The van der Waals surface area contributed by atoms with Crippen molar-refractivity contribution < 1.29 is 9.53 Å². The molecule has 2 heteroatoms. The van der Waals surface area contributed by atoms with Gasteiger partial charge in [0.05, 0.1) is 0 Å². The number of Topliss-reactive ketones (excluding diaryl/α,β-unsaturated/α-hetero) is 1. The Kier molecular flexibility index (Phi) is 3.57. The van der Waals surface area contributed by atoms with E-state index in [0.717, 1.165) is 26.1 Å². The Morgan fingerprint density at radius 3 is 3.00 bits per heavy atom. The van der Waals surface area contributed by atoms with Crippen LogP contribution in [-0.2, 0) is 9.53 Å². The first-order valence-corrected chi connectivity index (χ1v) is 4.36. The molecule has 0 radical (unpaired) electrons. The molecule has 0 N–H and O–H groups in total. The maximum Gasteiger partial charge on any atom is 0.129 e. The summed E-state index contributed by atoms with van der Waals surface area (Å²) in [6.45, 7) is 3.44. The molecule has 64 valence electrons. The predicted octanol–water partition coefficient (Wildman–Crippen LogP) is 1.78. The van der Waals surface area contributed by atoms with Gasteiger partial charge in [-0.15, -0.1) is 0 Å². The molecule has 0 saturated carbocycles. The van der Waals surface area contributed by atoms with E-state index in [2.05, 4.69) is 0 Å². The topological polar surface area (TPSA) is 26.3 Å². The van der Waals surface area contributed by atoms with Crippen molar-refractivity contribution in [3.05, 3.63) is 0 Å². The Labute approximate surface area is 67.9 Å². The molecule has 1 rings (SSSR count). The maximum absolute atomic E-state index is 10.6. The average Bonchev–Trinajstić information content (AvgIpc) is 2.03. The smallest absolute Gasteiger partial charge is 0.129 e. The van der Waals surface area contributed by atoms with Gasteiger partial charge in [-0.3, -0.25) is 0 Å². The number of carbonyl (C=O) groups excluding carboxylic acids is 1. The zero-order valence-corrected chi connectivity index (χ0v) is 7.14. The molecule has 1 saturated heterocycles. The largest absolute Gasteiger partial charge is 0.381 e. The first-order valence-electron chi connectivity index (χ1n) is 4.36. The van der Waals surface area contributed by atoms with Crippen LogP contribution in [0.2, 0.25) is 0 Å². The number of ether oxygens (including phenoxy) is 1. The zero-order chi connectivity index (χ0) is 8.10. The molecule has 0 spiro atoms. The van der Waals surface area contributed by atoms with Crippen molar-refractivity contribution in [2.45, 2.75) is 32.6 Å². The van der Waals surface area contributed by atoms with Crippen LogP contribution in [0.15, 0.2) is 0 Å². The molecule has 1 heterocycles. The van der Waals surface area contributed by atoms with Gasteiger partial charge in [-0.05, 0) is 32.1 Å². The number of hydrogen-bond donors (Lipinski definition) is 0. The lowest BCUT2D eigenvalue weighted by Gasteiger charge is -2.21. The molecule has 2 nitrogen and oxygen atoms in total. The van der Waals surface area contributed by atoms with E-state index in [-0.39, 0.29) is 0 Å². The van der Waals surface area contributed by atoms with Gasteiger partial charge in [-0.25, -0.2) is 0 Å². The zero-order valence-electron chi connectivity index (χ0n) is 7.14. The predicted molar refractivity (Wildman–Crippen MR) is 43.5 cm³/mol. The van der Waals surface area contributed by atoms with E-state index in [1.807, 2.05) is 0 Å². The third kappa shape index (κ3) is 3.51. The molecule has 0 amide bonds. The minimum atomic E-state index is 0.301. The molecule has 11 heavy (non-hydrogen) atoms. The third-order valence-electron chi connectivity index (χ3n) is 2.16. The second kappa shape index (κ2) is 4.50. The van der Waals surface area contributed by atoms with Crippen LogP contribution in [-0.4, -0.2) is 19.0 Å². The molecule has 1 unspecified atom stereocenters. The average molecular weight is 156 g/mol. The summed E-state index contributed by atoms with van der Waals surface area (Å²) >= 11 is 0. The normalized spacial score (nSPS) is 25.0. The summed E-state index contributed by atoms with van der Waals surface area (Å²) in [5.74, 6) is 0.947. The van der Waals surface area contributed by atoms with Crippen molar-refractivity contribution in [3.63, 3.8) is 0 Å². The lowest BCUT2D eigenvalue weighted by molar-refractivity contribution is -0.117. The summed E-state index contributed by atoms with van der Waals surface area (Å²) in [7, 11) is 0. The monoisotopic (exact) mass is 156 g/mol. The van der Waals surface area contributed by atoms with Crippen LogP contribution in [0, 0.1) is 5.92 Å². The van der Waals surface area contributed by atoms with E-state index in [4.69, 9.17) is 4.74 Å². The lowest BCUT2D eigenvalue weighted by Crippen LogP contribution is -2.17. The SMILES string of the molecule is CC(=O)CCC1CCCOC1. The summed E-state index contributed by atoms with van der Waals surface area (Å²) in [4.78, 5) is 10.6. The number of hydrogen-bond acceptors (Lipinski definition) is 2. The summed E-state index contributed by atoms with van der Waals surface area (Å²) < 4.78 is 5.30. The highest BCUT2D eigenvalue weighted by atomic mass is 16.5. The number of carbonyl (C=O) groups is 1. The summed E-state index contributed by atoms with van der Waals surface area (Å²) in [5.41, 5.74) is 0. The minimum absolute atomic E-state index is 0.301. The fourth-order valence-corrected chi connectivity index (χ4v) is 1.44. The first-order chi connectivity index (χ1) is 5.29. The van der Waals surface area contributed by atoms with Crippen LogP contribution >= 0.6 is 0 Å². The summed E-state index contributed by atoms with van der Waals surface area (Å²) in [6.07, 6.45) is 4.17. The Bertz CT molecular complexity index is 126. The fraction of sp³-hybridized carbons (Fsp3) is 0.889. The van der Waals surface area contributed by atoms with E-state index in [0.29, 0.717) is 11.7 Å². The van der Waals surface area contributed by atoms with Gasteiger partial charge in [0.2, 0.25) is 0 Å². The Hall–Kier alpha value is -0.370. The van der Waals surface area contributed by atoms with Crippen LogP contribution < -0.4 is 0 Å². The van der Waals surface area contributed by atoms with Gasteiger partial charge in [0.25, 0.3) is 0 Å². The molecular formula is C9H16O2. The summed E-state index contributed by atoms with van der Waals surface area (Å²) in [5, 5.41) is 0. The fourth-order valence-electron chi connectivity index (χ4n) is 1.44. The highest BCUT2D eigenvalue weighted by Crippen LogP contribution is 2.18. The van der Waals surface area contributed by atoms with Gasteiger partial charge in [0.15, 0.2) is 0 Å². The van der Waals surface area contributed by atoms with Crippen molar-refractivity contribution >= 4 is 5.78 Å². The molecule has 1 atom stereocenters. The van der Waals surface area contributed by atoms with Crippen molar-refractivity contribution in [1.82, 2.24) is 0 Å². The van der Waals surface area contributed by atoms with Gasteiger partial charge in [0, 0.05) is 19.6 Å². The van der Waals surface area contributed by atoms with Gasteiger partial charge >= 0.3 is 0 Å². The molecule has 0 aromatic carbocycles. The van der Waals surface area contributed by atoms with E-state index in [1.54, 1.807) is 6.92 Å². The molecule has 1 fully saturated rings. The second-order valence-electron chi connectivity index (χ2n) is 3.32. The molecule has 1 aliphatic heterocycles. The van der Waals surface area contributed by atoms with Gasteiger partial charge in [-0.2, -0.15) is 0 Å². The van der Waals surface area contributed by atoms with Crippen LogP contribution in [0.4, 0.5) is 0 Å². The summed E-state index contributed by atoms with van der Waals surface area (Å²) in [6, 6.07) is 0. The Balaban J connectivity index is 2.09. The third-order valence-corrected chi connectivity index (χ3v) is 2.16. The van der Waals surface area contributed by atoms with Crippen molar-refractivity contribution in [2.24, 2.45) is 5.92 Å². The number of rotatable bonds is 3. The highest BCUT2D eigenvalue weighted by molar-refractivity contribution is 5.75. The van der Waals surface area contributed by atoms with Gasteiger partial charge in [-0.1, -0.05) is 0 Å². The lowest BCUT2D eigenvalue weighted by atomic mass is 9.96. The van der Waals surface area contributed by atoms with Crippen LogP contribution in [0.5, 0.6) is 0 Å². The van der Waals surface area contributed by atoms with Crippen molar-refractivity contribution in [3.8, 4) is 0 Å². The van der Waals surface area contributed by atoms with E-state index >= 15 is 0 Å². The van der Waals surface area contributed by atoms with E-state index < -0.39 is 0 Å². The van der Waals surface area contributed by atoms with Gasteiger partial charge < -0.3 is 9.53 Å². The molecular weight excluding hydrogens is 140 g/mol. The quantitative estimate of drug-likeness (QED) is 0.622. The minimum Gasteiger partial charge on any atom is -0.381 e. The Morgan fingerprint density at radius 1 is 1.64 bits per heavy atom. The molecule has 0 aliphatic carbocycles. The Morgan fingerprint density at radius 2 is 2.45 bits per heavy atom. The van der Waals surface area contributed by atoms with E-state index in [1.165, 1.54) is 12.8 Å². The van der Waals surface area contributed by atoms with Crippen molar-refractivity contribution in [1.29, 1.82) is 0 Å². The molecule has 1 aliphatic rings.